The summed E-state index contributed by atoms with van der Waals surface area (Å²) in [4.78, 5) is 24.2. The lowest BCUT2D eigenvalue weighted by Crippen LogP contribution is -2.25. The second-order valence-corrected chi connectivity index (χ2v) is 5.82. The Bertz CT molecular complexity index is 990. The maximum absolute atomic E-state index is 13.1. The van der Waals surface area contributed by atoms with Gasteiger partial charge in [-0.1, -0.05) is 28.9 Å². The second-order valence-electron chi connectivity index (χ2n) is 5.42. The van der Waals surface area contributed by atoms with E-state index >= 15 is 0 Å². The van der Waals surface area contributed by atoms with Crippen LogP contribution in [0.3, 0.4) is 0 Å². The first-order valence-electron chi connectivity index (χ1n) is 7.62. The Balaban J connectivity index is 1.59. The smallest absolute Gasteiger partial charge is 0.277 e. The Hall–Kier alpha value is -2.80. The highest BCUT2D eigenvalue weighted by Crippen LogP contribution is 2.19. The first kappa shape index (κ1) is 17.0. The van der Waals surface area contributed by atoms with Crippen molar-refractivity contribution in [1.29, 1.82) is 0 Å². The van der Waals surface area contributed by atoms with Crippen molar-refractivity contribution in [1.82, 2.24) is 15.0 Å². The number of anilines is 1. The maximum atomic E-state index is 13.1. The number of nitrogens with zero attached hydrogens (tertiary/aromatic N) is 3. The standard InChI is InChI=1S/C17H14ClFN4O2/c18-13-10-11(7-8-14(13)19)20-16(24)6-3-9-23-17(25)12-4-1-2-5-15(12)21-22-23/h1-2,4-5,7-8,10H,3,6,9H2,(H,20,24). The first-order valence-corrected chi connectivity index (χ1v) is 8.00. The molecule has 1 aromatic heterocycles. The summed E-state index contributed by atoms with van der Waals surface area (Å²) < 4.78 is 14.3. The molecule has 2 aromatic carbocycles. The van der Waals surface area contributed by atoms with Crippen molar-refractivity contribution < 1.29 is 9.18 Å². The molecule has 0 unspecified atom stereocenters. The zero-order valence-electron chi connectivity index (χ0n) is 13.1. The summed E-state index contributed by atoms with van der Waals surface area (Å²) >= 11 is 5.67. The maximum Gasteiger partial charge on any atom is 0.277 e. The average molecular weight is 361 g/mol. The zero-order valence-corrected chi connectivity index (χ0v) is 13.8. The van der Waals surface area contributed by atoms with Gasteiger partial charge in [0, 0.05) is 18.7 Å². The molecule has 128 valence electrons. The van der Waals surface area contributed by atoms with Gasteiger partial charge in [0.25, 0.3) is 5.56 Å². The van der Waals surface area contributed by atoms with E-state index in [1.807, 2.05) is 0 Å². The highest BCUT2D eigenvalue weighted by Gasteiger charge is 2.08. The number of hydrogen-bond acceptors (Lipinski definition) is 4. The van der Waals surface area contributed by atoms with Crippen LogP contribution in [0, 0.1) is 5.82 Å². The molecule has 0 aliphatic heterocycles. The number of hydrogen-bond donors (Lipinski definition) is 1. The molecule has 1 amide bonds. The monoisotopic (exact) mass is 360 g/mol. The van der Waals surface area contributed by atoms with E-state index in [4.69, 9.17) is 11.6 Å². The van der Waals surface area contributed by atoms with E-state index in [1.165, 1.54) is 22.9 Å². The molecule has 0 bridgehead atoms. The molecule has 25 heavy (non-hydrogen) atoms. The van der Waals surface area contributed by atoms with Crippen LogP contribution >= 0.6 is 11.6 Å². The lowest BCUT2D eigenvalue weighted by atomic mass is 10.2. The van der Waals surface area contributed by atoms with Crippen molar-refractivity contribution in [2.45, 2.75) is 19.4 Å². The quantitative estimate of drug-likeness (QED) is 0.758. The fourth-order valence-corrected chi connectivity index (χ4v) is 2.54. The van der Waals surface area contributed by atoms with Crippen molar-refractivity contribution in [3.8, 4) is 0 Å². The fourth-order valence-electron chi connectivity index (χ4n) is 2.36. The van der Waals surface area contributed by atoms with E-state index in [1.54, 1.807) is 24.3 Å². The van der Waals surface area contributed by atoms with Crippen molar-refractivity contribution in [3.05, 3.63) is 63.7 Å². The van der Waals surface area contributed by atoms with Gasteiger partial charge in [0.1, 0.15) is 11.3 Å². The van der Waals surface area contributed by atoms with E-state index in [9.17, 15) is 14.0 Å². The molecule has 0 spiro atoms. The van der Waals surface area contributed by atoms with Gasteiger partial charge < -0.3 is 5.32 Å². The van der Waals surface area contributed by atoms with Gasteiger partial charge in [-0.2, -0.15) is 0 Å². The Morgan fingerprint density at radius 3 is 2.84 bits per heavy atom. The van der Waals surface area contributed by atoms with Gasteiger partial charge in [0.15, 0.2) is 0 Å². The van der Waals surface area contributed by atoms with Crippen LogP contribution in [0.1, 0.15) is 12.8 Å². The third kappa shape index (κ3) is 4.00. The molecule has 0 radical (unpaired) electrons. The lowest BCUT2D eigenvalue weighted by Gasteiger charge is -2.07. The van der Waals surface area contributed by atoms with E-state index < -0.39 is 5.82 Å². The molecule has 0 atom stereocenters. The van der Waals surface area contributed by atoms with Crippen molar-refractivity contribution in [2.75, 3.05) is 5.32 Å². The minimum Gasteiger partial charge on any atom is -0.326 e. The van der Waals surface area contributed by atoms with Gasteiger partial charge in [0.05, 0.1) is 10.4 Å². The van der Waals surface area contributed by atoms with Crippen LogP contribution in [-0.2, 0) is 11.3 Å². The topological polar surface area (TPSA) is 76.9 Å². The predicted octanol–water partition coefficient (Wildman–Crippen LogP) is 3.00. The van der Waals surface area contributed by atoms with Gasteiger partial charge in [0.2, 0.25) is 5.91 Å². The molecule has 1 N–H and O–H groups in total. The molecular weight excluding hydrogens is 347 g/mol. The number of carbonyl (C=O) groups is 1. The third-order valence-electron chi connectivity index (χ3n) is 3.61. The molecule has 0 saturated heterocycles. The summed E-state index contributed by atoms with van der Waals surface area (Å²) in [6, 6.07) is 10.9. The predicted molar refractivity (Wildman–Crippen MR) is 93.1 cm³/mol. The molecule has 0 aliphatic carbocycles. The summed E-state index contributed by atoms with van der Waals surface area (Å²) in [5.74, 6) is -0.807. The summed E-state index contributed by atoms with van der Waals surface area (Å²) in [7, 11) is 0. The van der Waals surface area contributed by atoms with Gasteiger partial charge in [-0.3, -0.25) is 9.59 Å². The zero-order chi connectivity index (χ0) is 17.8. The summed E-state index contributed by atoms with van der Waals surface area (Å²) in [6.45, 7) is 0.272. The number of benzene rings is 2. The van der Waals surface area contributed by atoms with Crippen LogP contribution in [0.25, 0.3) is 10.9 Å². The van der Waals surface area contributed by atoms with Crippen LogP contribution in [0.15, 0.2) is 47.3 Å². The highest BCUT2D eigenvalue weighted by atomic mass is 35.5. The van der Waals surface area contributed by atoms with Crippen LogP contribution in [0.5, 0.6) is 0 Å². The first-order chi connectivity index (χ1) is 12.0. The Morgan fingerprint density at radius 1 is 1.24 bits per heavy atom. The summed E-state index contributed by atoms with van der Waals surface area (Å²) in [5, 5.41) is 10.9. The molecule has 0 saturated carbocycles. The lowest BCUT2D eigenvalue weighted by molar-refractivity contribution is -0.116. The van der Waals surface area contributed by atoms with Gasteiger partial charge in [-0.05, 0) is 36.8 Å². The van der Waals surface area contributed by atoms with Crippen molar-refractivity contribution in [3.63, 3.8) is 0 Å². The molecule has 6 nitrogen and oxygen atoms in total. The Kier molecular flexibility index (Phi) is 5.04. The van der Waals surface area contributed by atoms with Crippen molar-refractivity contribution in [2.24, 2.45) is 0 Å². The molecule has 3 aromatic rings. The molecule has 0 aliphatic rings. The van der Waals surface area contributed by atoms with E-state index in [0.29, 0.717) is 23.0 Å². The summed E-state index contributed by atoms with van der Waals surface area (Å²) in [5.41, 5.74) is 0.713. The van der Waals surface area contributed by atoms with E-state index in [0.717, 1.165) is 0 Å². The van der Waals surface area contributed by atoms with Crippen LogP contribution < -0.4 is 10.9 Å². The minimum atomic E-state index is -0.547. The van der Waals surface area contributed by atoms with Gasteiger partial charge in [-0.25, -0.2) is 9.07 Å². The minimum absolute atomic E-state index is 0.0595. The molecule has 1 heterocycles. The number of fused-ring (bicyclic) bond motifs is 1. The number of carbonyl (C=O) groups excluding carboxylic acids is 1. The number of aromatic nitrogens is 3. The largest absolute Gasteiger partial charge is 0.326 e. The van der Waals surface area contributed by atoms with Crippen LogP contribution in [-0.4, -0.2) is 20.9 Å². The number of aryl methyl sites for hydroxylation is 1. The van der Waals surface area contributed by atoms with Crippen LogP contribution in [0.4, 0.5) is 10.1 Å². The van der Waals surface area contributed by atoms with Gasteiger partial charge in [-0.15, -0.1) is 5.10 Å². The SMILES string of the molecule is O=C(CCCn1nnc2ccccc2c1=O)Nc1ccc(F)c(Cl)c1. The number of amides is 1. The number of nitrogens with one attached hydrogen (secondary N) is 1. The summed E-state index contributed by atoms with van der Waals surface area (Å²) in [6.07, 6.45) is 0.587. The molecule has 3 rings (SSSR count). The van der Waals surface area contributed by atoms with E-state index in [-0.39, 0.29) is 29.5 Å². The number of halogens is 2. The third-order valence-corrected chi connectivity index (χ3v) is 3.90. The second kappa shape index (κ2) is 7.40. The van der Waals surface area contributed by atoms with E-state index in [2.05, 4.69) is 15.6 Å². The Morgan fingerprint density at radius 2 is 2.04 bits per heavy atom. The van der Waals surface area contributed by atoms with Crippen LogP contribution in [0.2, 0.25) is 5.02 Å². The fraction of sp³-hybridized carbons (Fsp3) is 0.176. The molecular formula is C17H14ClFN4O2. The van der Waals surface area contributed by atoms with Gasteiger partial charge >= 0.3 is 0 Å². The Labute approximate surface area is 147 Å². The highest BCUT2D eigenvalue weighted by molar-refractivity contribution is 6.31. The molecule has 8 heteroatoms. The molecule has 0 fully saturated rings. The number of rotatable bonds is 5. The average Bonchev–Trinajstić information content (AvgIpc) is 2.60. The normalized spacial score (nSPS) is 10.8. The van der Waals surface area contributed by atoms with Crippen molar-refractivity contribution >= 4 is 34.1 Å².